The van der Waals surface area contributed by atoms with Crippen molar-refractivity contribution in [2.75, 3.05) is 0 Å². The summed E-state index contributed by atoms with van der Waals surface area (Å²) in [5.74, 6) is 2.11. The number of benzene rings is 1. The molecule has 0 aromatic heterocycles. The Balaban J connectivity index is 2.74. The molecule has 1 rings (SSSR count). The monoisotopic (exact) mass is 258 g/mol. The average molecular weight is 258 g/mol. The normalized spacial score (nSPS) is 11.8. The van der Waals surface area contributed by atoms with Gasteiger partial charge < -0.3 is 5.32 Å². The number of hydrogen-bond acceptors (Lipinski definition) is 3. The van der Waals surface area contributed by atoms with Gasteiger partial charge in [-0.25, -0.2) is 0 Å². The van der Waals surface area contributed by atoms with Crippen LogP contribution in [0.4, 0.5) is 5.69 Å². The Morgan fingerprint density at radius 1 is 1.58 bits per heavy atom. The highest BCUT2D eigenvalue weighted by atomic mass is 16.6. The first kappa shape index (κ1) is 14.5. The summed E-state index contributed by atoms with van der Waals surface area (Å²) in [7, 11) is 0. The van der Waals surface area contributed by atoms with Crippen LogP contribution in [0.15, 0.2) is 30.3 Å². The van der Waals surface area contributed by atoms with E-state index in [-0.39, 0.29) is 17.6 Å². The van der Waals surface area contributed by atoms with Crippen LogP contribution in [0, 0.1) is 22.5 Å². The van der Waals surface area contributed by atoms with Gasteiger partial charge in [0.1, 0.15) is 0 Å². The van der Waals surface area contributed by atoms with E-state index in [4.69, 9.17) is 6.42 Å². The molecule has 0 fully saturated rings. The largest absolute Gasteiger partial charge is 0.349 e. The van der Waals surface area contributed by atoms with Crippen LogP contribution in [0.25, 0.3) is 6.08 Å². The zero-order valence-corrected chi connectivity index (χ0v) is 10.5. The minimum Gasteiger partial charge on any atom is -0.349 e. The maximum absolute atomic E-state index is 11.5. The van der Waals surface area contributed by atoms with Gasteiger partial charge in [0.2, 0.25) is 5.91 Å². The Kier molecular flexibility index (Phi) is 5.30. The van der Waals surface area contributed by atoms with Gasteiger partial charge in [0.25, 0.3) is 5.69 Å². The molecule has 0 saturated heterocycles. The fourth-order valence-corrected chi connectivity index (χ4v) is 1.48. The second-order valence-corrected chi connectivity index (χ2v) is 3.97. The van der Waals surface area contributed by atoms with Gasteiger partial charge in [0, 0.05) is 24.6 Å². The second kappa shape index (κ2) is 6.97. The van der Waals surface area contributed by atoms with E-state index in [9.17, 15) is 14.9 Å². The standard InChI is InChI=1S/C14H14N2O3/c1-3-6-11(2)15-14(17)10-9-12-7-4-5-8-13(12)16(18)19/h1,4-5,7-11H,6H2,2H3,(H,15,17)/b10-9+. The topological polar surface area (TPSA) is 72.2 Å². The van der Waals surface area contributed by atoms with Crippen LogP contribution in [0.1, 0.15) is 18.9 Å². The van der Waals surface area contributed by atoms with E-state index in [0.717, 1.165) is 0 Å². The molecule has 0 aliphatic rings. The number of nitro benzene ring substituents is 1. The van der Waals surface area contributed by atoms with Crippen LogP contribution in [0.5, 0.6) is 0 Å². The number of hydrogen-bond donors (Lipinski definition) is 1. The summed E-state index contributed by atoms with van der Waals surface area (Å²) in [4.78, 5) is 21.8. The maximum Gasteiger partial charge on any atom is 0.276 e. The first-order chi connectivity index (χ1) is 9.04. The molecule has 1 unspecified atom stereocenters. The van der Waals surface area contributed by atoms with Crippen molar-refractivity contribution in [1.82, 2.24) is 5.32 Å². The highest BCUT2D eigenvalue weighted by molar-refractivity contribution is 5.92. The molecular formula is C14H14N2O3. The molecule has 5 heteroatoms. The molecule has 0 spiro atoms. The van der Waals surface area contributed by atoms with Crippen LogP contribution < -0.4 is 5.32 Å². The van der Waals surface area contributed by atoms with Gasteiger partial charge in [-0.05, 0) is 19.1 Å². The zero-order valence-electron chi connectivity index (χ0n) is 10.5. The molecule has 1 amide bonds. The lowest BCUT2D eigenvalue weighted by Crippen LogP contribution is -2.30. The Morgan fingerprint density at radius 2 is 2.26 bits per heavy atom. The predicted octanol–water partition coefficient (Wildman–Crippen LogP) is 2.14. The first-order valence-electron chi connectivity index (χ1n) is 5.70. The minimum atomic E-state index is -0.488. The summed E-state index contributed by atoms with van der Waals surface area (Å²) in [6, 6.07) is 6.08. The van der Waals surface area contributed by atoms with Gasteiger partial charge in [-0.1, -0.05) is 12.1 Å². The molecule has 0 radical (unpaired) electrons. The van der Waals surface area contributed by atoms with Crippen molar-refractivity contribution in [3.63, 3.8) is 0 Å². The van der Waals surface area contributed by atoms with E-state index in [2.05, 4.69) is 11.2 Å². The Morgan fingerprint density at radius 3 is 2.89 bits per heavy atom. The highest BCUT2D eigenvalue weighted by Crippen LogP contribution is 2.18. The molecule has 1 atom stereocenters. The molecule has 1 aromatic rings. The van der Waals surface area contributed by atoms with Gasteiger partial charge in [0.15, 0.2) is 0 Å². The van der Waals surface area contributed by atoms with Crippen molar-refractivity contribution in [2.45, 2.75) is 19.4 Å². The molecule has 0 aliphatic heterocycles. The van der Waals surface area contributed by atoms with E-state index in [1.165, 1.54) is 18.2 Å². The number of carbonyl (C=O) groups is 1. The fraction of sp³-hybridized carbons (Fsp3) is 0.214. The first-order valence-corrected chi connectivity index (χ1v) is 5.70. The van der Waals surface area contributed by atoms with Gasteiger partial charge in [-0.15, -0.1) is 12.3 Å². The summed E-state index contributed by atoms with van der Waals surface area (Å²) in [5, 5.41) is 13.4. The van der Waals surface area contributed by atoms with Crippen molar-refractivity contribution in [3.8, 4) is 12.3 Å². The zero-order chi connectivity index (χ0) is 14.3. The van der Waals surface area contributed by atoms with Crippen LogP contribution >= 0.6 is 0 Å². The lowest BCUT2D eigenvalue weighted by atomic mass is 10.1. The van der Waals surface area contributed by atoms with Crippen LogP contribution in [-0.2, 0) is 4.79 Å². The molecule has 0 aliphatic carbocycles. The molecule has 5 nitrogen and oxygen atoms in total. The molecule has 19 heavy (non-hydrogen) atoms. The van der Waals surface area contributed by atoms with E-state index < -0.39 is 4.92 Å². The number of amides is 1. The third-order valence-electron chi connectivity index (χ3n) is 2.36. The minimum absolute atomic E-state index is 0.0387. The molecule has 1 N–H and O–H groups in total. The fourth-order valence-electron chi connectivity index (χ4n) is 1.48. The van der Waals surface area contributed by atoms with Crippen molar-refractivity contribution in [3.05, 3.63) is 46.0 Å². The van der Waals surface area contributed by atoms with Crippen LogP contribution in [0.2, 0.25) is 0 Å². The quantitative estimate of drug-likeness (QED) is 0.380. The van der Waals surface area contributed by atoms with Crippen molar-refractivity contribution in [2.24, 2.45) is 0 Å². The number of nitrogens with zero attached hydrogens (tertiary/aromatic N) is 1. The van der Waals surface area contributed by atoms with E-state index in [0.29, 0.717) is 12.0 Å². The molecule has 98 valence electrons. The van der Waals surface area contributed by atoms with Crippen LogP contribution in [-0.4, -0.2) is 16.9 Å². The SMILES string of the molecule is C#CCC(C)NC(=O)/C=C/c1ccccc1[N+](=O)[O-]. The number of para-hydroxylation sites is 1. The third-order valence-corrected chi connectivity index (χ3v) is 2.36. The van der Waals surface area contributed by atoms with Gasteiger partial charge in [-0.3, -0.25) is 14.9 Å². The van der Waals surface area contributed by atoms with Gasteiger partial charge >= 0.3 is 0 Å². The van der Waals surface area contributed by atoms with E-state index in [1.807, 2.05) is 0 Å². The van der Waals surface area contributed by atoms with Gasteiger partial charge in [0.05, 0.1) is 10.5 Å². The Hall–Kier alpha value is -2.61. The van der Waals surface area contributed by atoms with E-state index in [1.54, 1.807) is 25.1 Å². The summed E-state index contributed by atoms with van der Waals surface area (Å²) in [6.45, 7) is 1.79. The summed E-state index contributed by atoms with van der Waals surface area (Å²) in [5.41, 5.74) is 0.343. The summed E-state index contributed by atoms with van der Waals surface area (Å²) in [6.07, 6.45) is 8.24. The molecule has 0 saturated carbocycles. The number of nitro groups is 1. The molecule has 0 bridgehead atoms. The second-order valence-electron chi connectivity index (χ2n) is 3.97. The predicted molar refractivity (Wildman–Crippen MR) is 73.2 cm³/mol. The molecule has 0 heterocycles. The number of rotatable bonds is 5. The number of nitrogens with one attached hydrogen (secondary N) is 1. The molecular weight excluding hydrogens is 244 g/mol. The highest BCUT2D eigenvalue weighted by Gasteiger charge is 2.10. The average Bonchev–Trinajstić information content (AvgIpc) is 2.36. The summed E-state index contributed by atoms with van der Waals surface area (Å²) >= 11 is 0. The third kappa shape index (κ3) is 4.64. The van der Waals surface area contributed by atoms with Gasteiger partial charge in [-0.2, -0.15) is 0 Å². The lowest BCUT2D eigenvalue weighted by Gasteiger charge is -2.07. The Bertz CT molecular complexity index is 544. The Labute approximate surface area is 111 Å². The van der Waals surface area contributed by atoms with Crippen molar-refractivity contribution < 1.29 is 9.72 Å². The van der Waals surface area contributed by atoms with Crippen LogP contribution in [0.3, 0.4) is 0 Å². The lowest BCUT2D eigenvalue weighted by molar-refractivity contribution is -0.385. The number of carbonyl (C=O) groups excluding carboxylic acids is 1. The van der Waals surface area contributed by atoms with Crippen molar-refractivity contribution in [1.29, 1.82) is 0 Å². The van der Waals surface area contributed by atoms with Crippen molar-refractivity contribution >= 4 is 17.7 Å². The molecule has 1 aromatic carbocycles. The smallest absolute Gasteiger partial charge is 0.276 e. The van der Waals surface area contributed by atoms with E-state index >= 15 is 0 Å². The summed E-state index contributed by atoms with van der Waals surface area (Å²) < 4.78 is 0. The number of terminal acetylenes is 1. The maximum atomic E-state index is 11.5.